The number of benzene rings is 8. The first-order valence-corrected chi connectivity index (χ1v) is 19.0. The van der Waals surface area contributed by atoms with Crippen molar-refractivity contribution in [2.75, 3.05) is 0 Å². The van der Waals surface area contributed by atoms with Crippen molar-refractivity contribution in [3.05, 3.63) is 168 Å². The third-order valence-electron chi connectivity index (χ3n) is 11.7. The molecule has 0 N–H and O–H groups in total. The van der Waals surface area contributed by atoms with E-state index in [0.29, 0.717) is 0 Å². The van der Waals surface area contributed by atoms with Crippen molar-refractivity contribution in [3.8, 4) is 16.8 Å². The molecule has 5 aromatic heterocycles. The highest BCUT2D eigenvalue weighted by atomic mass is 32.1. The first-order chi connectivity index (χ1) is 26.7. The molecule has 54 heavy (non-hydrogen) atoms. The van der Waals surface area contributed by atoms with Crippen molar-refractivity contribution in [1.29, 1.82) is 0 Å². The molecule has 250 valence electrons. The Kier molecular flexibility index (Phi) is 5.37. The number of fused-ring (bicyclic) bond motifs is 14. The number of aromatic nitrogens is 2. The maximum Gasteiger partial charge on any atom is 0.263 e. The molecule has 0 aliphatic carbocycles. The number of furan rings is 1. The molecular weight excluding hydrogens is 681 g/mol. The molecule has 13 rings (SSSR count). The molecule has 4 nitrogen and oxygen atoms in total. The van der Waals surface area contributed by atoms with Gasteiger partial charge in [-0.3, -0.25) is 9.20 Å². The Morgan fingerprint density at radius 1 is 0.444 bits per heavy atom. The molecule has 0 atom stereocenters. The Hall–Kier alpha value is -6.95. The van der Waals surface area contributed by atoms with Crippen LogP contribution >= 0.6 is 11.3 Å². The quantitative estimate of drug-likeness (QED) is 0.168. The van der Waals surface area contributed by atoms with E-state index in [1.807, 2.05) is 33.9 Å². The minimum absolute atomic E-state index is 0.0190. The largest absolute Gasteiger partial charge is 0.456 e. The third kappa shape index (κ3) is 3.59. The van der Waals surface area contributed by atoms with Gasteiger partial charge in [0.15, 0.2) is 0 Å². The molecule has 0 saturated carbocycles. The van der Waals surface area contributed by atoms with Crippen LogP contribution in [0.3, 0.4) is 0 Å². The predicted molar refractivity (Wildman–Crippen MR) is 227 cm³/mol. The molecule has 5 heterocycles. The summed E-state index contributed by atoms with van der Waals surface area (Å²) in [5.74, 6) is 0. The molecule has 0 unspecified atom stereocenters. The third-order valence-corrected chi connectivity index (χ3v) is 12.8. The first-order valence-electron chi connectivity index (χ1n) is 18.2. The monoisotopic (exact) mass is 706 g/mol. The zero-order valence-electron chi connectivity index (χ0n) is 28.6. The zero-order chi connectivity index (χ0) is 35.2. The second-order valence-electron chi connectivity index (χ2n) is 14.4. The van der Waals surface area contributed by atoms with E-state index in [-0.39, 0.29) is 5.56 Å². The van der Waals surface area contributed by atoms with Crippen molar-refractivity contribution >= 4 is 113 Å². The van der Waals surface area contributed by atoms with E-state index in [9.17, 15) is 4.79 Å². The molecule has 5 heteroatoms. The van der Waals surface area contributed by atoms with Gasteiger partial charge in [0.05, 0.1) is 22.1 Å². The average molecular weight is 707 g/mol. The van der Waals surface area contributed by atoms with Gasteiger partial charge in [0.25, 0.3) is 5.56 Å². The van der Waals surface area contributed by atoms with Gasteiger partial charge in [-0.2, -0.15) is 0 Å². The number of rotatable bonds is 2. The second kappa shape index (κ2) is 10.1. The highest BCUT2D eigenvalue weighted by molar-refractivity contribution is 7.25. The number of hydrogen-bond acceptors (Lipinski definition) is 3. The van der Waals surface area contributed by atoms with E-state index in [1.54, 1.807) is 0 Å². The number of pyridine rings is 1. The average Bonchev–Trinajstić information content (AvgIpc) is 3.96. The summed E-state index contributed by atoms with van der Waals surface area (Å²) in [6.07, 6.45) is 0. The van der Waals surface area contributed by atoms with Crippen LogP contribution in [-0.2, 0) is 0 Å². The van der Waals surface area contributed by atoms with Crippen LogP contribution in [0.15, 0.2) is 167 Å². The van der Waals surface area contributed by atoms with Gasteiger partial charge in [-0.15, -0.1) is 11.3 Å². The van der Waals surface area contributed by atoms with E-state index in [0.717, 1.165) is 76.7 Å². The smallest absolute Gasteiger partial charge is 0.263 e. The minimum atomic E-state index is 0.0190. The number of nitrogens with zero attached hydrogens (tertiary/aromatic N) is 2. The van der Waals surface area contributed by atoms with Gasteiger partial charge in [-0.25, -0.2) is 0 Å². The van der Waals surface area contributed by atoms with Gasteiger partial charge in [0, 0.05) is 68.9 Å². The lowest BCUT2D eigenvalue weighted by Crippen LogP contribution is -2.12. The van der Waals surface area contributed by atoms with E-state index in [2.05, 4.69) is 144 Å². The summed E-state index contributed by atoms with van der Waals surface area (Å²) < 4.78 is 13.5. The lowest BCUT2D eigenvalue weighted by molar-refractivity contribution is 0.669. The van der Waals surface area contributed by atoms with Gasteiger partial charge < -0.3 is 8.98 Å². The van der Waals surface area contributed by atoms with Crippen LogP contribution in [-0.4, -0.2) is 8.97 Å². The molecule has 0 amide bonds. The van der Waals surface area contributed by atoms with Crippen LogP contribution in [0, 0.1) is 0 Å². The molecule has 8 aromatic carbocycles. The molecule has 0 bridgehead atoms. The Labute approximate surface area is 310 Å². The molecule has 13 aromatic rings. The summed E-state index contributed by atoms with van der Waals surface area (Å²) in [7, 11) is 0. The van der Waals surface area contributed by atoms with E-state index < -0.39 is 0 Å². The SMILES string of the molecule is O=c1c2ccccc2c2cccc3c4cc(-c5cccc6oc7ccc(-n8c9ccccc9c9cc%10sc%11ccccc%11c%10cc98)cc7c56)ccc4n1c23. The van der Waals surface area contributed by atoms with Crippen LogP contribution in [0.5, 0.6) is 0 Å². The molecule has 0 aliphatic heterocycles. The molecule has 0 spiro atoms. The van der Waals surface area contributed by atoms with Gasteiger partial charge in [0.1, 0.15) is 11.2 Å². The molecule has 0 radical (unpaired) electrons. The summed E-state index contributed by atoms with van der Waals surface area (Å²) in [4.78, 5) is 14.0. The van der Waals surface area contributed by atoms with Crippen LogP contribution in [0.2, 0.25) is 0 Å². The van der Waals surface area contributed by atoms with E-state index in [1.165, 1.54) is 42.0 Å². The predicted octanol–water partition coefficient (Wildman–Crippen LogP) is 13.2. The standard InChI is InChI=1S/C49H26N2O2S/c52-49-35-12-2-1-9-30(35)33-14-7-15-34-36-23-27(19-21-41(36)51(49)48(33)34)29-13-8-17-44-47(29)39-24-28(20-22-43(39)53-44)50-40-16-5-3-10-31(40)37-26-46-38(25-42(37)50)32-11-4-6-18-45(32)54-46/h1-26H. The number of para-hydroxylation sites is 2. The summed E-state index contributed by atoms with van der Waals surface area (Å²) in [6.45, 7) is 0. The molecule has 0 aliphatic rings. The summed E-state index contributed by atoms with van der Waals surface area (Å²) in [6, 6.07) is 55.9. The Morgan fingerprint density at radius 2 is 1.19 bits per heavy atom. The normalized spacial score (nSPS) is 12.5. The second-order valence-corrected chi connectivity index (χ2v) is 15.5. The highest BCUT2D eigenvalue weighted by Gasteiger charge is 2.21. The highest BCUT2D eigenvalue weighted by Crippen LogP contribution is 2.43. The summed E-state index contributed by atoms with van der Waals surface area (Å²) in [5, 5.41) is 12.2. The van der Waals surface area contributed by atoms with Crippen LogP contribution < -0.4 is 5.56 Å². The maximum atomic E-state index is 14.0. The number of hydrogen-bond donors (Lipinski definition) is 0. The van der Waals surface area contributed by atoms with Crippen LogP contribution in [0.1, 0.15) is 0 Å². The first kappa shape index (κ1) is 28.6. The van der Waals surface area contributed by atoms with Crippen molar-refractivity contribution in [3.63, 3.8) is 0 Å². The van der Waals surface area contributed by atoms with Crippen LogP contribution in [0.4, 0.5) is 0 Å². The van der Waals surface area contributed by atoms with Crippen molar-refractivity contribution < 1.29 is 4.42 Å². The summed E-state index contributed by atoms with van der Waals surface area (Å²) in [5.41, 5.74) is 9.26. The molecule has 0 fully saturated rings. The van der Waals surface area contributed by atoms with Crippen molar-refractivity contribution in [1.82, 2.24) is 8.97 Å². The lowest BCUT2D eigenvalue weighted by Gasteiger charge is -2.09. The fraction of sp³-hybridized carbons (Fsp3) is 0. The zero-order valence-corrected chi connectivity index (χ0v) is 29.4. The van der Waals surface area contributed by atoms with Crippen molar-refractivity contribution in [2.45, 2.75) is 0 Å². The Balaban J connectivity index is 1.07. The fourth-order valence-electron chi connectivity index (χ4n) is 9.35. The Morgan fingerprint density at radius 3 is 2.09 bits per heavy atom. The van der Waals surface area contributed by atoms with Gasteiger partial charge in [-0.1, -0.05) is 91.0 Å². The molecular formula is C49H26N2O2S. The topological polar surface area (TPSA) is 39.5 Å². The maximum absolute atomic E-state index is 14.0. The number of thiophene rings is 1. The minimum Gasteiger partial charge on any atom is -0.456 e. The van der Waals surface area contributed by atoms with E-state index >= 15 is 0 Å². The van der Waals surface area contributed by atoms with Gasteiger partial charge in [-0.05, 0) is 83.2 Å². The van der Waals surface area contributed by atoms with E-state index in [4.69, 9.17) is 4.42 Å². The summed E-state index contributed by atoms with van der Waals surface area (Å²) >= 11 is 1.86. The van der Waals surface area contributed by atoms with Gasteiger partial charge >= 0.3 is 0 Å². The Bertz CT molecular complexity index is 3820. The molecule has 0 saturated heterocycles. The van der Waals surface area contributed by atoms with Crippen molar-refractivity contribution in [2.24, 2.45) is 0 Å². The van der Waals surface area contributed by atoms with Crippen LogP contribution in [0.25, 0.3) is 119 Å². The van der Waals surface area contributed by atoms with Gasteiger partial charge in [0.2, 0.25) is 0 Å². The fourth-order valence-corrected chi connectivity index (χ4v) is 10.5. The lowest BCUT2D eigenvalue weighted by atomic mass is 9.97.